The molecular weight excluding hydrogens is 246 g/mol. The molecule has 0 aliphatic carbocycles. The highest BCUT2D eigenvalue weighted by Crippen LogP contribution is 2.20. The SMILES string of the molecule is N[C@H]1CCCN(c2ccc(Cc3ccncc3)cc2)C1. The summed E-state index contributed by atoms with van der Waals surface area (Å²) in [5, 5.41) is 0. The van der Waals surface area contributed by atoms with Gasteiger partial charge in [0.2, 0.25) is 0 Å². The maximum Gasteiger partial charge on any atom is 0.0366 e. The fourth-order valence-electron chi connectivity index (χ4n) is 2.81. The second kappa shape index (κ2) is 6.06. The summed E-state index contributed by atoms with van der Waals surface area (Å²) >= 11 is 0. The van der Waals surface area contributed by atoms with E-state index in [-0.39, 0.29) is 0 Å². The van der Waals surface area contributed by atoms with Crippen LogP contribution in [0.3, 0.4) is 0 Å². The van der Waals surface area contributed by atoms with Crippen molar-refractivity contribution in [1.82, 2.24) is 4.98 Å². The van der Waals surface area contributed by atoms with E-state index in [2.05, 4.69) is 46.3 Å². The molecule has 0 amide bonds. The Morgan fingerprint density at radius 3 is 2.45 bits per heavy atom. The molecule has 1 aliphatic rings. The van der Waals surface area contributed by atoms with Crippen molar-refractivity contribution in [1.29, 1.82) is 0 Å². The van der Waals surface area contributed by atoms with Crippen molar-refractivity contribution < 1.29 is 0 Å². The second-order valence-electron chi connectivity index (χ2n) is 5.55. The lowest BCUT2D eigenvalue weighted by molar-refractivity contribution is 0.506. The minimum Gasteiger partial charge on any atom is -0.370 e. The average molecular weight is 267 g/mol. The Labute approximate surface area is 120 Å². The average Bonchev–Trinajstić information content (AvgIpc) is 2.49. The summed E-state index contributed by atoms with van der Waals surface area (Å²) in [6.07, 6.45) is 7.00. The lowest BCUT2D eigenvalue weighted by atomic mass is 10.0. The van der Waals surface area contributed by atoms with Crippen molar-refractivity contribution >= 4 is 5.69 Å². The van der Waals surface area contributed by atoms with Gasteiger partial charge in [0, 0.05) is 37.2 Å². The van der Waals surface area contributed by atoms with Gasteiger partial charge in [-0.3, -0.25) is 4.98 Å². The number of nitrogens with zero attached hydrogens (tertiary/aromatic N) is 2. The zero-order valence-electron chi connectivity index (χ0n) is 11.7. The first-order valence-corrected chi connectivity index (χ1v) is 7.29. The van der Waals surface area contributed by atoms with Crippen LogP contribution in [0, 0.1) is 0 Å². The molecule has 104 valence electrons. The Bertz CT molecular complexity index is 536. The lowest BCUT2D eigenvalue weighted by Crippen LogP contribution is -2.42. The van der Waals surface area contributed by atoms with Crippen LogP contribution in [0.4, 0.5) is 5.69 Å². The van der Waals surface area contributed by atoms with Crippen molar-refractivity contribution in [3.63, 3.8) is 0 Å². The fourth-order valence-corrected chi connectivity index (χ4v) is 2.81. The minimum atomic E-state index is 0.320. The molecule has 1 fully saturated rings. The van der Waals surface area contributed by atoms with Crippen LogP contribution in [0.1, 0.15) is 24.0 Å². The summed E-state index contributed by atoms with van der Waals surface area (Å²) in [6, 6.07) is 13.3. The Hall–Kier alpha value is -1.87. The van der Waals surface area contributed by atoms with Gasteiger partial charge in [-0.2, -0.15) is 0 Å². The number of hydrogen-bond donors (Lipinski definition) is 1. The molecule has 0 radical (unpaired) electrons. The van der Waals surface area contributed by atoms with Gasteiger partial charge in [-0.05, 0) is 54.7 Å². The van der Waals surface area contributed by atoms with Gasteiger partial charge in [0.05, 0.1) is 0 Å². The van der Waals surface area contributed by atoms with E-state index in [1.165, 1.54) is 23.2 Å². The second-order valence-corrected chi connectivity index (χ2v) is 5.55. The molecule has 2 N–H and O–H groups in total. The quantitative estimate of drug-likeness (QED) is 0.929. The number of aromatic nitrogens is 1. The molecule has 20 heavy (non-hydrogen) atoms. The number of anilines is 1. The first kappa shape index (κ1) is 13.1. The third kappa shape index (κ3) is 3.17. The largest absolute Gasteiger partial charge is 0.370 e. The first-order chi connectivity index (χ1) is 9.81. The van der Waals surface area contributed by atoms with Crippen LogP contribution < -0.4 is 10.6 Å². The van der Waals surface area contributed by atoms with Gasteiger partial charge in [0.1, 0.15) is 0 Å². The van der Waals surface area contributed by atoms with Crippen LogP contribution in [-0.4, -0.2) is 24.1 Å². The van der Waals surface area contributed by atoms with Gasteiger partial charge >= 0.3 is 0 Å². The van der Waals surface area contributed by atoms with E-state index in [0.717, 1.165) is 25.9 Å². The summed E-state index contributed by atoms with van der Waals surface area (Å²) in [6.45, 7) is 2.10. The van der Waals surface area contributed by atoms with E-state index < -0.39 is 0 Å². The van der Waals surface area contributed by atoms with Crippen LogP contribution in [0.25, 0.3) is 0 Å². The molecule has 1 aromatic carbocycles. The predicted molar refractivity (Wildman–Crippen MR) is 82.9 cm³/mol. The van der Waals surface area contributed by atoms with Crippen molar-refractivity contribution in [2.24, 2.45) is 5.73 Å². The molecule has 0 unspecified atom stereocenters. The molecule has 1 aromatic heterocycles. The van der Waals surface area contributed by atoms with Crippen molar-refractivity contribution in [2.75, 3.05) is 18.0 Å². The molecule has 3 nitrogen and oxygen atoms in total. The van der Waals surface area contributed by atoms with Crippen LogP contribution in [0.2, 0.25) is 0 Å². The zero-order chi connectivity index (χ0) is 13.8. The number of piperidine rings is 1. The van der Waals surface area contributed by atoms with Crippen molar-refractivity contribution in [2.45, 2.75) is 25.3 Å². The molecule has 2 aromatic rings. The van der Waals surface area contributed by atoms with E-state index in [1.807, 2.05) is 12.4 Å². The van der Waals surface area contributed by atoms with Gasteiger partial charge < -0.3 is 10.6 Å². The Morgan fingerprint density at radius 1 is 1.05 bits per heavy atom. The highest BCUT2D eigenvalue weighted by atomic mass is 15.1. The third-order valence-corrected chi connectivity index (χ3v) is 3.92. The van der Waals surface area contributed by atoms with E-state index in [0.29, 0.717) is 6.04 Å². The number of benzene rings is 1. The van der Waals surface area contributed by atoms with Crippen molar-refractivity contribution in [3.8, 4) is 0 Å². The predicted octanol–water partition coefficient (Wildman–Crippen LogP) is 2.60. The molecule has 0 bridgehead atoms. The lowest BCUT2D eigenvalue weighted by Gasteiger charge is -2.32. The molecule has 0 saturated carbocycles. The number of rotatable bonds is 3. The van der Waals surface area contributed by atoms with E-state index in [4.69, 9.17) is 5.73 Å². The van der Waals surface area contributed by atoms with Crippen LogP contribution in [0.15, 0.2) is 48.8 Å². The van der Waals surface area contributed by atoms with E-state index >= 15 is 0 Å². The Kier molecular flexibility index (Phi) is 3.97. The summed E-state index contributed by atoms with van der Waals surface area (Å²) in [5.41, 5.74) is 9.97. The molecule has 1 saturated heterocycles. The van der Waals surface area contributed by atoms with E-state index in [1.54, 1.807) is 0 Å². The smallest absolute Gasteiger partial charge is 0.0366 e. The summed E-state index contributed by atoms with van der Waals surface area (Å²) in [7, 11) is 0. The molecule has 0 spiro atoms. The Balaban J connectivity index is 1.68. The summed E-state index contributed by atoms with van der Waals surface area (Å²) < 4.78 is 0. The summed E-state index contributed by atoms with van der Waals surface area (Å²) in [5.74, 6) is 0. The molecule has 1 aliphatic heterocycles. The molecule has 3 heteroatoms. The normalized spacial score (nSPS) is 19.1. The van der Waals surface area contributed by atoms with Crippen LogP contribution in [0.5, 0.6) is 0 Å². The van der Waals surface area contributed by atoms with Gasteiger partial charge in [-0.25, -0.2) is 0 Å². The molecule has 3 rings (SSSR count). The highest BCUT2D eigenvalue weighted by Gasteiger charge is 2.16. The maximum atomic E-state index is 6.05. The number of pyridine rings is 1. The van der Waals surface area contributed by atoms with Gasteiger partial charge in [0.15, 0.2) is 0 Å². The topological polar surface area (TPSA) is 42.1 Å². The number of hydrogen-bond acceptors (Lipinski definition) is 3. The molecular formula is C17H21N3. The van der Waals surface area contributed by atoms with Crippen LogP contribution >= 0.6 is 0 Å². The monoisotopic (exact) mass is 267 g/mol. The van der Waals surface area contributed by atoms with Gasteiger partial charge in [-0.1, -0.05) is 12.1 Å². The van der Waals surface area contributed by atoms with Crippen LogP contribution in [-0.2, 0) is 6.42 Å². The fraction of sp³-hybridized carbons (Fsp3) is 0.353. The van der Waals surface area contributed by atoms with Gasteiger partial charge in [0.25, 0.3) is 0 Å². The Morgan fingerprint density at radius 2 is 1.75 bits per heavy atom. The molecule has 1 atom stereocenters. The minimum absolute atomic E-state index is 0.320. The molecule has 2 heterocycles. The maximum absolute atomic E-state index is 6.05. The zero-order valence-corrected chi connectivity index (χ0v) is 11.7. The number of nitrogens with two attached hydrogens (primary N) is 1. The van der Waals surface area contributed by atoms with Gasteiger partial charge in [-0.15, -0.1) is 0 Å². The standard InChI is InChI=1S/C17H21N3/c18-16-2-1-11-20(13-16)17-5-3-14(4-6-17)12-15-7-9-19-10-8-15/h3-10,16H,1-2,11-13,18H2/t16-/m0/s1. The van der Waals surface area contributed by atoms with Crippen molar-refractivity contribution in [3.05, 3.63) is 59.9 Å². The third-order valence-electron chi connectivity index (χ3n) is 3.92. The first-order valence-electron chi connectivity index (χ1n) is 7.29. The van der Waals surface area contributed by atoms with E-state index in [9.17, 15) is 0 Å². The summed E-state index contributed by atoms with van der Waals surface area (Å²) in [4.78, 5) is 6.44. The highest BCUT2D eigenvalue weighted by molar-refractivity contribution is 5.48.